The van der Waals surface area contributed by atoms with Gasteiger partial charge in [0.1, 0.15) is 8.07 Å². The van der Waals surface area contributed by atoms with Crippen molar-refractivity contribution in [2.45, 2.75) is 40.8 Å². The van der Waals surface area contributed by atoms with Crippen molar-refractivity contribution in [2.24, 2.45) is 5.41 Å². The van der Waals surface area contributed by atoms with Gasteiger partial charge in [-0.3, -0.25) is 0 Å². The van der Waals surface area contributed by atoms with Crippen LogP contribution >= 0.6 is 0 Å². The van der Waals surface area contributed by atoms with E-state index in [9.17, 15) is 0 Å². The highest BCUT2D eigenvalue weighted by molar-refractivity contribution is 7.01. The molecule has 1 aliphatic rings. The van der Waals surface area contributed by atoms with E-state index in [1.54, 1.807) is 10.4 Å². The summed E-state index contributed by atoms with van der Waals surface area (Å²) in [7, 11) is -0.896. The average Bonchev–Trinajstić information content (AvgIpc) is 2.03. The number of hydrogen-bond acceptors (Lipinski definition) is 0. The van der Waals surface area contributed by atoms with Gasteiger partial charge in [0.15, 0.2) is 0 Å². The maximum atomic E-state index is 2.45. The van der Waals surface area contributed by atoms with Gasteiger partial charge in [0.2, 0.25) is 0 Å². The molecule has 0 N–H and O–H groups in total. The molecule has 0 aromatic rings. The Kier molecular flexibility index (Phi) is 1.42. The van der Waals surface area contributed by atoms with Gasteiger partial charge in [-0.15, -0.1) is 0 Å². The molecule has 0 radical (unpaired) electrons. The van der Waals surface area contributed by atoms with Crippen molar-refractivity contribution in [2.75, 3.05) is 0 Å². The van der Waals surface area contributed by atoms with E-state index in [-0.39, 0.29) is 0 Å². The SMILES string of the molecule is CC1=C(C(C)(C)C)[Si]1(C)C. The zero-order valence-corrected chi connectivity index (χ0v) is 9.00. The Morgan fingerprint density at radius 3 is 1.40 bits per heavy atom. The Morgan fingerprint density at radius 1 is 1.10 bits per heavy atom. The molecule has 1 rings (SSSR count). The summed E-state index contributed by atoms with van der Waals surface area (Å²) in [5.41, 5.74) is 0.458. The maximum Gasteiger partial charge on any atom is 0.102 e. The van der Waals surface area contributed by atoms with Crippen molar-refractivity contribution in [1.82, 2.24) is 0 Å². The zero-order valence-electron chi connectivity index (χ0n) is 8.00. The van der Waals surface area contributed by atoms with Crippen LogP contribution in [-0.2, 0) is 0 Å². The quantitative estimate of drug-likeness (QED) is 0.470. The third-order valence-electron chi connectivity index (χ3n) is 2.62. The van der Waals surface area contributed by atoms with Gasteiger partial charge < -0.3 is 0 Å². The summed E-state index contributed by atoms with van der Waals surface area (Å²) in [4.78, 5) is 0. The molecule has 0 nitrogen and oxygen atoms in total. The Labute approximate surface area is 65.3 Å². The summed E-state index contributed by atoms with van der Waals surface area (Å²) in [5, 5.41) is 3.53. The first-order valence-corrected chi connectivity index (χ1v) is 7.00. The first-order chi connectivity index (χ1) is 4.28. The second kappa shape index (κ2) is 1.76. The van der Waals surface area contributed by atoms with E-state index < -0.39 is 8.07 Å². The Hall–Kier alpha value is -0.0431. The molecule has 0 aromatic carbocycles. The van der Waals surface area contributed by atoms with Crippen LogP contribution in [0.4, 0.5) is 0 Å². The molecule has 0 saturated carbocycles. The molecule has 0 fully saturated rings. The maximum absolute atomic E-state index is 2.45. The fourth-order valence-electron chi connectivity index (χ4n) is 2.16. The summed E-state index contributed by atoms with van der Waals surface area (Å²) in [6.45, 7) is 14.2. The van der Waals surface area contributed by atoms with Crippen LogP contribution in [0.2, 0.25) is 13.1 Å². The molecular weight excluding hydrogens is 136 g/mol. The molecule has 0 aliphatic carbocycles. The van der Waals surface area contributed by atoms with Crippen LogP contribution in [0.1, 0.15) is 27.7 Å². The Balaban J connectivity index is 2.82. The van der Waals surface area contributed by atoms with Crippen molar-refractivity contribution >= 4 is 8.07 Å². The summed E-state index contributed by atoms with van der Waals surface area (Å²) in [6, 6.07) is 0. The third-order valence-corrected chi connectivity index (χ3v) is 6.88. The van der Waals surface area contributed by atoms with Gasteiger partial charge in [0.05, 0.1) is 0 Å². The minimum absolute atomic E-state index is 0.458. The van der Waals surface area contributed by atoms with E-state index in [4.69, 9.17) is 0 Å². The molecule has 1 heterocycles. The van der Waals surface area contributed by atoms with Gasteiger partial charge >= 0.3 is 0 Å². The number of allylic oxidation sites excluding steroid dienone is 2. The van der Waals surface area contributed by atoms with Crippen LogP contribution in [0, 0.1) is 5.41 Å². The Morgan fingerprint density at radius 2 is 1.40 bits per heavy atom. The predicted molar refractivity (Wildman–Crippen MR) is 49.6 cm³/mol. The van der Waals surface area contributed by atoms with E-state index in [0.29, 0.717) is 5.41 Å². The van der Waals surface area contributed by atoms with Gasteiger partial charge in [-0.1, -0.05) is 44.3 Å². The summed E-state index contributed by atoms with van der Waals surface area (Å²) >= 11 is 0. The zero-order chi connectivity index (χ0) is 8.15. The monoisotopic (exact) mass is 154 g/mol. The van der Waals surface area contributed by atoms with Crippen LogP contribution in [0.15, 0.2) is 10.4 Å². The lowest BCUT2D eigenvalue weighted by Gasteiger charge is -2.18. The van der Waals surface area contributed by atoms with Crippen molar-refractivity contribution in [3.05, 3.63) is 10.4 Å². The first kappa shape index (κ1) is 8.06. The van der Waals surface area contributed by atoms with Gasteiger partial charge in [0.25, 0.3) is 0 Å². The van der Waals surface area contributed by atoms with E-state index >= 15 is 0 Å². The molecular formula is C9H18Si. The van der Waals surface area contributed by atoms with Crippen molar-refractivity contribution in [3.63, 3.8) is 0 Å². The lowest BCUT2D eigenvalue weighted by molar-refractivity contribution is 0.534. The minimum atomic E-state index is -0.896. The van der Waals surface area contributed by atoms with Crippen LogP contribution in [0.3, 0.4) is 0 Å². The molecule has 10 heavy (non-hydrogen) atoms. The van der Waals surface area contributed by atoms with Crippen LogP contribution in [-0.4, -0.2) is 8.07 Å². The molecule has 0 aromatic heterocycles. The van der Waals surface area contributed by atoms with Gasteiger partial charge in [-0.2, -0.15) is 0 Å². The summed E-state index contributed by atoms with van der Waals surface area (Å²) < 4.78 is 0. The van der Waals surface area contributed by atoms with Crippen molar-refractivity contribution < 1.29 is 0 Å². The largest absolute Gasteiger partial charge is 0.102 e. The van der Waals surface area contributed by atoms with E-state index in [1.165, 1.54) is 0 Å². The second-order valence-electron chi connectivity index (χ2n) is 4.88. The average molecular weight is 154 g/mol. The molecule has 0 saturated heterocycles. The van der Waals surface area contributed by atoms with Crippen LogP contribution < -0.4 is 0 Å². The van der Waals surface area contributed by atoms with E-state index in [0.717, 1.165) is 0 Å². The molecule has 0 spiro atoms. The molecule has 1 aliphatic heterocycles. The normalized spacial score (nSPS) is 23.4. The van der Waals surface area contributed by atoms with Gasteiger partial charge in [0, 0.05) is 0 Å². The van der Waals surface area contributed by atoms with Crippen molar-refractivity contribution in [3.8, 4) is 0 Å². The van der Waals surface area contributed by atoms with Gasteiger partial charge in [-0.05, 0) is 12.3 Å². The minimum Gasteiger partial charge on any atom is -0.0830 e. The molecule has 0 unspecified atom stereocenters. The predicted octanol–water partition coefficient (Wildman–Crippen LogP) is 3.15. The lowest BCUT2D eigenvalue weighted by atomic mass is 9.96. The van der Waals surface area contributed by atoms with Gasteiger partial charge in [-0.25, -0.2) is 0 Å². The fourth-order valence-corrected chi connectivity index (χ4v) is 6.47. The number of rotatable bonds is 0. The topological polar surface area (TPSA) is 0 Å². The Bertz CT molecular complexity index is 191. The molecule has 58 valence electrons. The van der Waals surface area contributed by atoms with Crippen LogP contribution in [0.25, 0.3) is 0 Å². The standard InChI is InChI=1S/C9H18Si/c1-7-8(9(2,3)4)10(7,5)6/h1-6H3. The summed E-state index contributed by atoms with van der Waals surface area (Å²) in [5.74, 6) is 0. The number of hydrogen-bond donors (Lipinski definition) is 0. The second-order valence-corrected chi connectivity index (χ2v) is 9.38. The molecule has 0 amide bonds. The van der Waals surface area contributed by atoms with E-state index in [2.05, 4.69) is 40.8 Å². The highest BCUT2D eigenvalue weighted by Gasteiger charge is 2.48. The first-order valence-electron chi connectivity index (χ1n) is 4.00. The van der Waals surface area contributed by atoms with E-state index in [1.807, 2.05) is 0 Å². The summed E-state index contributed by atoms with van der Waals surface area (Å²) in [6.07, 6.45) is 0. The molecule has 0 bridgehead atoms. The fraction of sp³-hybridized carbons (Fsp3) is 0.778. The third kappa shape index (κ3) is 0.967. The van der Waals surface area contributed by atoms with Crippen LogP contribution in [0.5, 0.6) is 0 Å². The van der Waals surface area contributed by atoms with Crippen molar-refractivity contribution in [1.29, 1.82) is 0 Å². The highest BCUT2D eigenvalue weighted by Crippen LogP contribution is 2.50. The lowest BCUT2D eigenvalue weighted by Crippen LogP contribution is -2.17. The molecule has 1 heteroatoms. The smallest absolute Gasteiger partial charge is 0.0830 e. The molecule has 0 atom stereocenters. The highest BCUT2D eigenvalue weighted by atomic mass is 28.3.